The van der Waals surface area contributed by atoms with Crippen molar-refractivity contribution in [3.8, 4) is 45.8 Å². The minimum atomic E-state index is 0.351. The molecule has 0 saturated carbocycles. The van der Waals surface area contributed by atoms with E-state index in [2.05, 4.69) is 10.1 Å². The maximum absolute atomic E-state index is 5.96. The number of ether oxygens (including phenoxy) is 4. The van der Waals surface area contributed by atoms with Crippen molar-refractivity contribution in [3.05, 3.63) is 72.3 Å². The smallest absolute Gasteiger partial charge is 0.258 e. The van der Waals surface area contributed by atoms with Crippen LogP contribution in [0.4, 0.5) is 0 Å². The third-order valence-electron chi connectivity index (χ3n) is 4.76. The van der Waals surface area contributed by atoms with Gasteiger partial charge in [0.25, 0.3) is 5.89 Å². The Bertz CT molecular complexity index is 1150. The number of methoxy groups -OCH3 is 3. The number of benzene rings is 3. The van der Waals surface area contributed by atoms with Crippen molar-refractivity contribution in [2.24, 2.45) is 0 Å². The van der Waals surface area contributed by atoms with Crippen molar-refractivity contribution >= 4 is 0 Å². The fourth-order valence-electron chi connectivity index (χ4n) is 3.10. The zero-order valence-electron chi connectivity index (χ0n) is 17.5. The van der Waals surface area contributed by atoms with Crippen molar-refractivity contribution < 1.29 is 23.5 Å². The van der Waals surface area contributed by atoms with Gasteiger partial charge in [0, 0.05) is 16.7 Å². The molecule has 0 unspecified atom stereocenters. The average Bonchev–Trinajstić information content (AvgIpc) is 3.33. The first-order chi connectivity index (χ1) is 15.2. The predicted molar refractivity (Wildman–Crippen MR) is 116 cm³/mol. The molecule has 0 bridgehead atoms. The Kier molecular flexibility index (Phi) is 6.03. The second kappa shape index (κ2) is 9.21. The molecule has 4 rings (SSSR count). The van der Waals surface area contributed by atoms with Crippen LogP contribution in [0.5, 0.6) is 23.0 Å². The number of para-hydroxylation sites is 1. The topological polar surface area (TPSA) is 75.8 Å². The molecular weight excluding hydrogens is 396 g/mol. The van der Waals surface area contributed by atoms with E-state index in [1.54, 1.807) is 21.3 Å². The summed E-state index contributed by atoms with van der Waals surface area (Å²) in [6.45, 7) is 0.351. The fourth-order valence-corrected chi connectivity index (χ4v) is 3.10. The molecule has 0 aliphatic rings. The van der Waals surface area contributed by atoms with Crippen molar-refractivity contribution in [1.29, 1.82) is 0 Å². The van der Waals surface area contributed by atoms with Crippen LogP contribution in [-0.4, -0.2) is 31.5 Å². The molecule has 7 heteroatoms. The Hall–Kier alpha value is -4.00. The molecule has 0 radical (unpaired) electrons. The van der Waals surface area contributed by atoms with E-state index in [0.717, 1.165) is 28.2 Å². The van der Waals surface area contributed by atoms with Crippen LogP contribution in [-0.2, 0) is 6.61 Å². The van der Waals surface area contributed by atoms with E-state index in [1.807, 2.05) is 66.7 Å². The standard InChI is InChI=1S/C24H22N2O5/c1-27-19-11-8-16(9-12-19)24-25-23(26-31-24)17-10-13-21(22(14-17)29-3)30-15-18-6-4-5-7-20(18)28-2/h4-14H,15H2,1-3H3. The van der Waals surface area contributed by atoms with Crippen molar-refractivity contribution in [2.45, 2.75) is 6.61 Å². The maximum atomic E-state index is 5.96. The van der Waals surface area contributed by atoms with E-state index in [1.165, 1.54) is 0 Å². The molecule has 0 fully saturated rings. The lowest BCUT2D eigenvalue weighted by Gasteiger charge is -2.13. The van der Waals surface area contributed by atoms with Gasteiger partial charge in [-0.1, -0.05) is 23.4 Å². The van der Waals surface area contributed by atoms with Crippen molar-refractivity contribution in [2.75, 3.05) is 21.3 Å². The first-order valence-corrected chi connectivity index (χ1v) is 9.63. The highest BCUT2D eigenvalue weighted by molar-refractivity contribution is 5.63. The summed E-state index contributed by atoms with van der Waals surface area (Å²) >= 11 is 0. The van der Waals surface area contributed by atoms with Crippen LogP contribution >= 0.6 is 0 Å². The molecule has 31 heavy (non-hydrogen) atoms. The molecule has 3 aromatic carbocycles. The van der Waals surface area contributed by atoms with Gasteiger partial charge in [0.15, 0.2) is 11.5 Å². The van der Waals surface area contributed by atoms with Crippen molar-refractivity contribution in [3.63, 3.8) is 0 Å². The van der Waals surface area contributed by atoms with Gasteiger partial charge in [-0.25, -0.2) is 0 Å². The third kappa shape index (κ3) is 4.45. The molecule has 1 aromatic heterocycles. The second-order valence-electron chi connectivity index (χ2n) is 6.62. The highest BCUT2D eigenvalue weighted by Crippen LogP contribution is 2.33. The third-order valence-corrected chi connectivity index (χ3v) is 4.76. The van der Waals surface area contributed by atoms with E-state index in [4.69, 9.17) is 23.5 Å². The van der Waals surface area contributed by atoms with Crippen molar-refractivity contribution in [1.82, 2.24) is 10.1 Å². The average molecular weight is 418 g/mol. The van der Waals surface area contributed by atoms with Crippen LogP contribution < -0.4 is 18.9 Å². The second-order valence-corrected chi connectivity index (χ2v) is 6.62. The molecule has 0 amide bonds. The summed E-state index contributed by atoms with van der Waals surface area (Å²) in [4.78, 5) is 4.50. The van der Waals surface area contributed by atoms with E-state index in [0.29, 0.717) is 29.8 Å². The first-order valence-electron chi connectivity index (χ1n) is 9.63. The van der Waals surface area contributed by atoms with Crippen LogP contribution in [0.3, 0.4) is 0 Å². The molecule has 0 aliphatic carbocycles. The Morgan fingerprint density at radius 2 is 1.48 bits per heavy atom. The lowest BCUT2D eigenvalue weighted by molar-refractivity contribution is 0.278. The van der Waals surface area contributed by atoms with Gasteiger partial charge < -0.3 is 23.5 Å². The Balaban J connectivity index is 1.53. The minimum Gasteiger partial charge on any atom is -0.497 e. The lowest BCUT2D eigenvalue weighted by Crippen LogP contribution is -2.00. The lowest BCUT2D eigenvalue weighted by atomic mass is 10.2. The number of hydrogen-bond donors (Lipinski definition) is 0. The normalized spacial score (nSPS) is 10.5. The zero-order valence-corrected chi connectivity index (χ0v) is 17.5. The van der Waals surface area contributed by atoms with Gasteiger partial charge in [-0.2, -0.15) is 4.98 Å². The van der Waals surface area contributed by atoms with Crippen LogP contribution in [0, 0.1) is 0 Å². The molecule has 4 aromatic rings. The largest absolute Gasteiger partial charge is 0.497 e. The summed E-state index contributed by atoms with van der Waals surface area (Å²) in [6, 6.07) is 20.6. The maximum Gasteiger partial charge on any atom is 0.258 e. The fraction of sp³-hybridized carbons (Fsp3) is 0.167. The summed E-state index contributed by atoms with van der Waals surface area (Å²) in [7, 11) is 4.85. The van der Waals surface area contributed by atoms with E-state index >= 15 is 0 Å². The first kappa shape index (κ1) is 20.3. The number of rotatable bonds is 8. The Labute approximate surface area is 180 Å². The Morgan fingerprint density at radius 3 is 2.23 bits per heavy atom. The minimum absolute atomic E-state index is 0.351. The molecule has 7 nitrogen and oxygen atoms in total. The summed E-state index contributed by atoms with van der Waals surface area (Å²) in [5.74, 6) is 3.60. The molecule has 0 aliphatic heterocycles. The predicted octanol–water partition coefficient (Wildman–Crippen LogP) is 5.01. The zero-order chi connectivity index (χ0) is 21.6. The summed E-state index contributed by atoms with van der Waals surface area (Å²) in [6.07, 6.45) is 0. The van der Waals surface area contributed by atoms with Gasteiger partial charge in [0.2, 0.25) is 5.82 Å². The van der Waals surface area contributed by atoms with E-state index in [-0.39, 0.29) is 0 Å². The molecule has 0 spiro atoms. The van der Waals surface area contributed by atoms with Gasteiger partial charge in [-0.3, -0.25) is 0 Å². The van der Waals surface area contributed by atoms with Crippen LogP contribution in [0.15, 0.2) is 71.3 Å². The van der Waals surface area contributed by atoms with E-state index in [9.17, 15) is 0 Å². The van der Waals surface area contributed by atoms with Gasteiger partial charge in [0.05, 0.1) is 21.3 Å². The monoisotopic (exact) mass is 418 g/mol. The van der Waals surface area contributed by atoms with Gasteiger partial charge in [-0.05, 0) is 48.5 Å². The van der Waals surface area contributed by atoms with Crippen LogP contribution in [0.1, 0.15) is 5.56 Å². The highest BCUT2D eigenvalue weighted by atomic mass is 16.5. The number of nitrogens with zero attached hydrogens (tertiary/aromatic N) is 2. The molecule has 0 N–H and O–H groups in total. The van der Waals surface area contributed by atoms with Crippen LogP contribution in [0.25, 0.3) is 22.8 Å². The number of aromatic nitrogens is 2. The number of hydrogen-bond acceptors (Lipinski definition) is 7. The van der Waals surface area contributed by atoms with Gasteiger partial charge in [0.1, 0.15) is 18.1 Å². The van der Waals surface area contributed by atoms with Gasteiger partial charge in [-0.15, -0.1) is 0 Å². The summed E-state index contributed by atoms with van der Waals surface area (Å²) in [5, 5.41) is 4.10. The SMILES string of the molecule is COc1ccc(-c2nc(-c3ccc(OCc4ccccc4OC)c(OC)c3)no2)cc1. The summed E-state index contributed by atoms with van der Waals surface area (Å²) < 4.78 is 27.5. The molecule has 0 saturated heterocycles. The van der Waals surface area contributed by atoms with Crippen LogP contribution in [0.2, 0.25) is 0 Å². The summed E-state index contributed by atoms with van der Waals surface area (Å²) in [5.41, 5.74) is 2.51. The molecule has 1 heterocycles. The quantitative estimate of drug-likeness (QED) is 0.398. The Morgan fingerprint density at radius 1 is 0.742 bits per heavy atom. The molecule has 0 atom stereocenters. The highest BCUT2D eigenvalue weighted by Gasteiger charge is 2.14. The van der Waals surface area contributed by atoms with E-state index < -0.39 is 0 Å². The molecule has 158 valence electrons. The van der Waals surface area contributed by atoms with Gasteiger partial charge >= 0.3 is 0 Å². The molecular formula is C24H22N2O5.